The molecular weight excluding hydrogens is 374 g/mol. The second kappa shape index (κ2) is 7.16. The maximum Gasteiger partial charge on any atom is 0.101 e. The third-order valence-electron chi connectivity index (χ3n) is 5.63. The van der Waals surface area contributed by atoms with Crippen molar-refractivity contribution < 1.29 is 0 Å². The summed E-state index contributed by atoms with van der Waals surface area (Å²) in [6.45, 7) is 2.75. The number of nitriles is 1. The zero-order valence-corrected chi connectivity index (χ0v) is 16.9. The fourth-order valence-electron chi connectivity index (χ4n) is 4.16. The summed E-state index contributed by atoms with van der Waals surface area (Å²) < 4.78 is 3.79. The predicted molar refractivity (Wildman–Crippen MR) is 115 cm³/mol. The molecule has 1 unspecified atom stereocenters. The number of rotatable bonds is 3. The van der Waals surface area contributed by atoms with Crippen molar-refractivity contribution in [3.05, 3.63) is 71.7 Å². The lowest BCUT2D eigenvalue weighted by Gasteiger charge is -2.22. The SMILES string of the molecule is Cc1nnn2c1-c1ccc(-c3cnn(C)c3)cc1C(Nc1ccccc1C#N)CC2. The molecule has 0 bridgehead atoms. The molecule has 3 heterocycles. The summed E-state index contributed by atoms with van der Waals surface area (Å²) in [6, 6.07) is 16.4. The first-order valence-corrected chi connectivity index (χ1v) is 9.93. The molecule has 0 saturated heterocycles. The van der Waals surface area contributed by atoms with Crippen LogP contribution in [-0.4, -0.2) is 24.8 Å². The number of nitrogens with one attached hydrogen (secondary N) is 1. The second-order valence-corrected chi connectivity index (χ2v) is 7.59. The van der Waals surface area contributed by atoms with Gasteiger partial charge in [-0.05, 0) is 42.7 Å². The first kappa shape index (κ1) is 18.1. The van der Waals surface area contributed by atoms with Gasteiger partial charge in [-0.2, -0.15) is 10.4 Å². The monoisotopic (exact) mass is 395 g/mol. The summed E-state index contributed by atoms with van der Waals surface area (Å²) in [4.78, 5) is 0. The summed E-state index contributed by atoms with van der Waals surface area (Å²) in [5.41, 5.74) is 7.94. The van der Waals surface area contributed by atoms with Crippen LogP contribution in [0.25, 0.3) is 22.4 Å². The van der Waals surface area contributed by atoms with Gasteiger partial charge in [0, 0.05) is 30.9 Å². The molecule has 30 heavy (non-hydrogen) atoms. The molecule has 2 aromatic heterocycles. The van der Waals surface area contributed by atoms with Crippen molar-refractivity contribution in [1.82, 2.24) is 24.8 Å². The molecule has 0 radical (unpaired) electrons. The molecular formula is C23H21N7. The number of fused-ring (bicyclic) bond motifs is 3. The third kappa shape index (κ3) is 3.03. The van der Waals surface area contributed by atoms with Crippen LogP contribution in [0.1, 0.15) is 29.3 Å². The molecule has 4 aromatic rings. The zero-order chi connectivity index (χ0) is 20.7. The molecule has 0 saturated carbocycles. The number of aryl methyl sites for hydroxylation is 3. The Bertz CT molecular complexity index is 1270. The van der Waals surface area contributed by atoms with Gasteiger partial charge < -0.3 is 5.32 Å². The van der Waals surface area contributed by atoms with Crippen LogP contribution in [0.2, 0.25) is 0 Å². The summed E-state index contributed by atoms with van der Waals surface area (Å²) in [6.07, 6.45) is 4.73. The minimum Gasteiger partial charge on any atom is -0.377 e. The first-order chi connectivity index (χ1) is 14.6. The molecule has 1 aliphatic heterocycles. The van der Waals surface area contributed by atoms with Crippen LogP contribution < -0.4 is 5.32 Å². The van der Waals surface area contributed by atoms with E-state index < -0.39 is 0 Å². The number of benzene rings is 2. The normalized spacial score (nSPS) is 15.0. The molecule has 0 amide bonds. The Hall–Kier alpha value is -3.92. The highest BCUT2D eigenvalue weighted by Gasteiger charge is 2.26. The van der Waals surface area contributed by atoms with Gasteiger partial charge in [-0.3, -0.25) is 4.68 Å². The summed E-state index contributed by atoms with van der Waals surface area (Å²) in [7, 11) is 1.92. The molecule has 1 atom stereocenters. The van der Waals surface area contributed by atoms with Gasteiger partial charge in [0.15, 0.2) is 0 Å². The number of hydrogen-bond donors (Lipinski definition) is 1. The topological polar surface area (TPSA) is 84.3 Å². The summed E-state index contributed by atoms with van der Waals surface area (Å²) >= 11 is 0. The smallest absolute Gasteiger partial charge is 0.101 e. The van der Waals surface area contributed by atoms with Crippen LogP contribution in [-0.2, 0) is 13.6 Å². The fraction of sp³-hybridized carbons (Fsp3) is 0.217. The van der Waals surface area contributed by atoms with E-state index in [0.29, 0.717) is 5.56 Å². The predicted octanol–water partition coefficient (Wildman–Crippen LogP) is 4.08. The van der Waals surface area contributed by atoms with Gasteiger partial charge in [-0.15, -0.1) is 5.10 Å². The average molecular weight is 395 g/mol. The van der Waals surface area contributed by atoms with Crippen LogP contribution >= 0.6 is 0 Å². The minimum atomic E-state index is 0.0345. The highest BCUT2D eigenvalue weighted by molar-refractivity contribution is 5.74. The van der Waals surface area contributed by atoms with Crippen molar-refractivity contribution in [3.63, 3.8) is 0 Å². The fourth-order valence-corrected chi connectivity index (χ4v) is 4.16. The van der Waals surface area contributed by atoms with Crippen molar-refractivity contribution in [2.45, 2.75) is 25.9 Å². The Labute approximate surface area is 174 Å². The largest absolute Gasteiger partial charge is 0.377 e. The molecule has 1 aliphatic rings. The van der Waals surface area contributed by atoms with Gasteiger partial charge in [0.25, 0.3) is 0 Å². The molecule has 0 fully saturated rings. The maximum absolute atomic E-state index is 9.52. The van der Waals surface area contributed by atoms with E-state index >= 15 is 0 Å². The molecule has 148 valence electrons. The van der Waals surface area contributed by atoms with Crippen LogP contribution in [0.4, 0.5) is 5.69 Å². The number of hydrogen-bond acceptors (Lipinski definition) is 5. The van der Waals surface area contributed by atoms with Gasteiger partial charge in [-0.1, -0.05) is 29.5 Å². The molecule has 0 spiro atoms. The second-order valence-electron chi connectivity index (χ2n) is 7.59. The van der Waals surface area contributed by atoms with Crippen LogP contribution in [0.15, 0.2) is 54.9 Å². The van der Waals surface area contributed by atoms with E-state index in [1.165, 1.54) is 5.56 Å². The van der Waals surface area contributed by atoms with Gasteiger partial charge in [-0.25, -0.2) is 4.68 Å². The highest BCUT2D eigenvalue weighted by atomic mass is 15.4. The first-order valence-electron chi connectivity index (χ1n) is 9.93. The number of para-hydroxylation sites is 1. The quantitative estimate of drug-likeness (QED) is 0.565. The standard InChI is InChI=1S/C23H21N7/c1-15-23-19-8-7-16(18-13-25-29(2)14-18)11-20(19)22(9-10-30(23)28-27-15)26-21-6-4-3-5-17(21)12-24/h3-8,11,13-14,22,26H,9-10H2,1-2H3. The Morgan fingerprint density at radius 3 is 2.83 bits per heavy atom. The molecule has 0 aliphatic carbocycles. The summed E-state index contributed by atoms with van der Waals surface area (Å²) in [5.74, 6) is 0. The summed E-state index contributed by atoms with van der Waals surface area (Å²) in [5, 5.41) is 26.1. The number of anilines is 1. The van der Waals surface area contributed by atoms with E-state index in [9.17, 15) is 5.26 Å². The molecule has 7 heteroatoms. The lowest BCUT2D eigenvalue weighted by Crippen LogP contribution is -2.13. The van der Waals surface area contributed by atoms with Gasteiger partial charge in [0.05, 0.1) is 34.9 Å². The van der Waals surface area contributed by atoms with E-state index in [2.05, 4.69) is 45.0 Å². The average Bonchev–Trinajstić information content (AvgIpc) is 3.32. The van der Waals surface area contributed by atoms with Crippen LogP contribution in [0.5, 0.6) is 0 Å². The van der Waals surface area contributed by atoms with Gasteiger partial charge in [0.2, 0.25) is 0 Å². The van der Waals surface area contributed by atoms with E-state index in [-0.39, 0.29) is 6.04 Å². The van der Waals surface area contributed by atoms with Crippen LogP contribution in [0.3, 0.4) is 0 Å². The van der Waals surface area contributed by atoms with Crippen molar-refractivity contribution >= 4 is 5.69 Å². The molecule has 2 aromatic carbocycles. The van der Waals surface area contributed by atoms with E-state index in [1.807, 2.05) is 60.0 Å². The Morgan fingerprint density at radius 1 is 1.17 bits per heavy atom. The Morgan fingerprint density at radius 2 is 2.03 bits per heavy atom. The Kier molecular flexibility index (Phi) is 4.32. The van der Waals surface area contributed by atoms with E-state index in [1.54, 1.807) is 0 Å². The highest BCUT2D eigenvalue weighted by Crippen LogP contribution is 2.39. The van der Waals surface area contributed by atoms with Gasteiger partial charge in [0.1, 0.15) is 6.07 Å². The van der Waals surface area contributed by atoms with Crippen LogP contribution in [0, 0.1) is 18.3 Å². The number of aromatic nitrogens is 5. The Balaban J connectivity index is 1.65. The molecule has 7 nitrogen and oxygen atoms in total. The molecule has 5 rings (SSSR count). The number of nitrogens with zero attached hydrogens (tertiary/aromatic N) is 6. The third-order valence-corrected chi connectivity index (χ3v) is 5.63. The van der Waals surface area contributed by atoms with E-state index in [4.69, 9.17) is 0 Å². The minimum absolute atomic E-state index is 0.0345. The van der Waals surface area contributed by atoms with Crippen molar-refractivity contribution in [3.8, 4) is 28.5 Å². The van der Waals surface area contributed by atoms with E-state index in [0.717, 1.165) is 46.7 Å². The lowest BCUT2D eigenvalue weighted by atomic mass is 9.92. The van der Waals surface area contributed by atoms with Crippen molar-refractivity contribution in [2.75, 3.05) is 5.32 Å². The lowest BCUT2D eigenvalue weighted by molar-refractivity contribution is 0.539. The zero-order valence-electron chi connectivity index (χ0n) is 16.9. The molecule has 1 N–H and O–H groups in total. The van der Waals surface area contributed by atoms with Crippen molar-refractivity contribution in [1.29, 1.82) is 5.26 Å². The van der Waals surface area contributed by atoms with Gasteiger partial charge >= 0.3 is 0 Å². The van der Waals surface area contributed by atoms with Crippen molar-refractivity contribution in [2.24, 2.45) is 7.05 Å². The maximum atomic E-state index is 9.52.